The summed E-state index contributed by atoms with van der Waals surface area (Å²) in [4.78, 5) is 22.7. The summed E-state index contributed by atoms with van der Waals surface area (Å²) in [5.74, 6) is 0.113. The van der Waals surface area contributed by atoms with Crippen molar-refractivity contribution in [3.8, 4) is 5.75 Å². The van der Waals surface area contributed by atoms with Crippen LogP contribution in [0.15, 0.2) is 9.59 Å². The molecule has 8 heteroatoms. The van der Waals surface area contributed by atoms with Gasteiger partial charge in [-0.2, -0.15) is 0 Å². The number of rotatable bonds is 12. The van der Waals surface area contributed by atoms with Gasteiger partial charge in [-0.05, 0) is 33.6 Å². The van der Waals surface area contributed by atoms with Gasteiger partial charge in [0.1, 0.15) is 5.69 Å². The van der Waals surface area contributed by atoms with Gasteiger partial charge in [0, 0.05) is 6.54 Å². The molecule has 0 bridgehead atoms. The minimum Gasteiger partial charge on any atom is -0.488 e. The Morgan fingerprint density at radius 3 is 2.14 bits per heavy atom. The predicted molar refractivity (Wildman–Crippen MR) is 86.0 cm³/mol. The number of hydrogen-bond acceptors (Lipinski definition) is 7. The largest absolute Gasteiger partial charge is 0.488 e. The van der Waals surface area contributed by atoms with Crippen molar-refractivity contribution in [2.75, 3.05) is 37.8 Å². The first kappa shape index (κ1) is 18.9. The van der Waals surface area contributed by atoms with E-state index in [4.69, 9.17) is 13.8 Å². The molecular weight excluding hydrogens is 309 g/mol. The Morgan fingerprint density at radius 2 is 1.59 bits per heavy atom. The van der Waals surface area contributed by atoms with Crippen molar-refractivity contribution in [1.29, 1.82) is 0 Å². The fraction of sp³-hybridized carbons (Fsp3) is 0.714. The van der Waals surface area contributed by atoms with E-state index in [1.165, 1.54) is 0 Å². The van der Waals surface area contributed by atoms with Gasteiger partial charge in [-0.25, -0.2) is 0 Å². The van der Waals surface area contributed by atoms with Gasteiger partial charge in [0.15, 0.2) is 5.75 Å². The van der Waals surface area contributed by atoms with Crippen molar-refractivity contribution >= 4 is 13.3 Å². The second-order valence-electron chi connectivity index (χ2n) is 4.60. The Labute approximate surface area is 130 Å². The van der Waals surface area contributed by atoms with E-state index in [1.807, 2.05) is 0 Å². The molecule has 1 rings (SSSR count). The number of unbranched alkanes of at least 4 members (excludes halogenated alkanes) is 1. The van der Waals surface area contributed by atoms with Crippen LogP contribution in [0.4, 0.5) is 5.69 Å². The number of ether oxygens (including phenoxy) is 1. The molecule has 0 saturated carbocycles. The van der Waals surface area contributed by atoms with Crippen molar-refractivity contribution in [2.24, 2.45) is 0 Å². The molecule has 0 spiro atoms. The fourth-order valence-electron chi connectivity index (χ4n) is 2.02. The van der Waals surface area contributed by atoms with Crippen LogP contribution in [0, 0.1) is 0 Å². The Morgan fingerprint density at radius 1 is 0.955 bits per heavy atom. The second-order valence-corrected chi connectivity index (χ2v) is 6.78. The molecule has 0 aliphatic rings. The minimum absolute atomic E-state index is 0.113. The van der Waals surface area contributed by atoms with Crippen molar-refractivity contribution < 1.29 is 18.3 Å². The second kappa shape index (κ2) is 9.08. The summed E-state index contributed by atoms with van der Waals surface area (Å²) in [6.07, 6.45) is 1.64. The number of nitrogens with one attached hydrogen (secondary N) is 1. The molecule has 0 fully saturated rings. The standard InChI is InChI=1S/C14H24NO6P/c1-4-19-14-11(12(16)13(14)17)15-9-7-8-10-22(18,20-5-2)21-6-3/h15H,4-10H2,1-3H3. The molecule has 1 N–H and O–H groups in total. The summed E-state index contributed by atoms with van der Waals surface area (Å²) in [6, 6.07) is 0. The van der Waals surface area contributed by atoms with E-state index in [2.05, 4.69) is 5.32 Å². The topological polar surface area (TPSA) is 90.9 Å². The lowest BCUT2D eigenvalue weighted by atomic mass is 10.2. The molecule has 0 aliphatic carbocycles. The molecule has 126 valence electrons. The molecule has 0 unspecified atom stereocenters. The molecule has 0 atom stereocenters. The van der Waals surface area contributed by atoms with Crippen LogP contribution in [0.2, 0.25) is 0 Å². The van der Waals surface area contributed by atoms with Crippen LogP contribution in [0.25, 0.3) is 0 Å². The average Bonchev–Trinajstić information content (AvgIpc) is 2.49. The SMILES string of the molecule is CCOc1c(NCCCCP(=O)(OCC)OCC)c(=O)c1=O. The van der Waals surface area contributed by atoms with Gasteiger partial charge in [0.05, 0.1) is 26.0 Å². The lowest BCUT2D eigenvalue weighted by Crippen LogP contribution is -2.36. The smallest absolute Gasteiger partial charge is 0.330 e. The summed E-state index contributed by atoms with van der Waals surface area (Å²) < 4.78 is 27.7. The highest BCUT2D eigenvalue weighted by atomic mass is 31.2. The van der Waals surface area contributed by atoms with E-state index in [0.29, 0.717) is 45.4 Å². The third-order valence-corrected chi connectivity index (χ3v) is 5.13. The van der Waals surface area contributed by atoms with Crippen molar-refractivity contribution in [3.63, 3.8) is 0 Å². The Bertz CT molecular complexity index is 568. The Hall–Kier alpha value is -1.17. The molecule has 0 heterocycles. The highest BCUT2D eigenvalue weighted by Crippen LogP contribution is 2.48. The highest BCUT2D eigenvalue weighted by Gasteiger charge is 2.23. The quantitative estimate of drug-likeness (QED) is 0.356. The van der Waals surface area contributed by atoms with Gasteiger partial charge in [-0.3, -0.25) is 14.2 Å². The molecule has 7 nitrogen and oxygen atoms in total. The number of hydrogen-bond donors (Lipinski definition) is 1. The maximum atomic E-state index is 12.2. The maximum absolute atomic E-state index is 12.2. The van der Waals surface area contributed by atoms with Crippen LogP contribution < -0.4 is 20.9 Å². The summed E-state index contributed by atoms with van der Waals surface area (Å²) in [6.45, 7) is 6.81. The van der Waals surface area contributed by atoms with Crippen LogP contribution in [0.5, 0.6) is 5.75 Å². The van der Waals surface area contributed by atoms with Crippen LogP contribution in [0.3, 0.4) is 0 Å². The molecule has 0 radical (unpaired) electrons. The van der Waals surface area contributed by atoms with Crippen LogP contribution in [0.1, 0.15) is 33.6 Å². The van der Waals surface area contributed by atoms with Crippen LogP contribution in [-0.2, 0) is 13.6 Å². The summed E-state index contributed by atoms with van der Waals surface area (Å²) in [5, 5.41) is 2.90. The van der Waals surface area contributed by atoms with E-state index in [9.17, 15) is 14.2 Å². The first-order valence-electron chi connectivity index (χ1n) is 7.57. The normalized spacial score (nSPS) is 11.8. The Balaban J connectivity index is 2.37. The summed E-state index contributed by atoms with van der Waals surface area (Å²) in [5.41, 5.74) is -0.885. The van der Waals surface area contributed by atoms with E-state index >= 15 is 0 Å². The highest BCUT2D eigenvalue weighted by molar-refractivity contribution is 7.53. The van der Waals surface area contributed by atoms with Gasteiger partial charge < -0.3 is 19.1 Å². The van der Waals surface area contributed by atoms with Gasteiger partial charge in [0.2, 0.25) is 0 Å². The van der Waals surface area contributed by atoms with Gasteiger partial charge >= 0.3 is 7.60 Å². The van der Waals surface area contributed by atoms with Crippen LogP contribution in [-0.4, -0.2) is 32.5 Å². The summed E-state index contributed by atoms with van der Waals surface area (Å²) >= 11 is 0. The molecule has 1 aromatic carbocycles. The van der Waals surface area contributed by atoms with Crippen LogP contribution >= 0.6 is 7.60 Å². The lowest BCUT2D eigenvalue weighted by molar-refractivity contribution is 0.219. The lowest BCUT2D eigenvalue weighted by Gasteiger charge is -2.17. The zero-order valence-electron chi connectivity index (χ0n) is 13.3. The molecule has 0 aromatic heterocycles. The molecule has 0 amide bonds. The summed E-state index contributed by atoms with van der Waals surface area (Å²) in [7, 11) is -3.01. The van der Waals surface area contributed by atoms with Gasteiger partial charge in [0.25, 0.3) is 10.9 Å². The van der Waals surface area contributed by atoms with Crippen molar-refractivity contribution in [3.05, 3.63) is 20.4 Å². The molecule has 0 aliphatic heterocycles. The molecule has 22 heavy (non-hydrogen) atoms. The molecule has 0 saturated heterocycles. The molecular formula is C14H24NO6P. The van der Waals surface area contributed by atoms with Gasteiger partial charge in [-0.15, -0.1) is 0 Å². The van der Waals surface area contributed by atoms with Crippen molar-refractivity contribution in [2.45, 2.75) is 33.6 Å². The average molecular weight is 333 g/mol. The maximum Gasteiger partial charge on any atom is 0.330 e. The van der Waals surface area contributed by atoms with E-state index < -0.39 is 18.5 Å². The van der Waals surface area contributed by atoms with E-state index in [0.717, 1.165) is 0 Å². The zero-order chi connectivity index (χ0) is 16.6. The van der Waals surface area contributed by atoms with E-state index in [-0.39, 0.29) is 11.4 Å². The fourth-order valence-corrected chi connectivity index (χ4v) is 3.75. The minimum atomic E-state index is -3.01. The number of anilines is 1. The third-order valence-electron chi connectivity index (χ3n) is 2.97. The third kappa shape index (κ3) is 4.93. The monoisotopic (exact) mass is 333 g/mol. The molecule has 1 aromatic rings. The first-order valence-corrected chi connectivity index (χ1v) is 9.30. The zero-order valence-corrected chi connectivity index (χ0v) is 14.2. The van der Waals surface area contributed by atoms with E-state index in [1.54, 1.807) is 20.8 Å². The van der Waals surface area contributed by atoms with Gasteiger partial charge in [-0.1, -0.05) is 0 Å². The first-order chi connectivity index (χ1) is 10.5. The predicted octanol–water partition coefficient (Wildman–Crippen LogP) is 2.14. The van der Waals surface area contributed by atoms with Crippen molar-refractivity contribution in [1.82, 2.24) is 0 Å². The Kier molecular flexibility index (Phi) is 7.79.